The molecule has 0 bridgehead atoms. The molecule has 2 N–H and O–H groups in total. The smallest absolute Gasteiger partial charge is 0.339 e. The number of esters is 1. The molecule has 2 aliphatic rings. The highest BCUT2D eigenvalue weighted by Crippen LogP contribution is 2.33. The monoisotopic (exact) mass is 473 g/mol. The van der Waals surface area contributed by atoms with E-state index in [9.17, 15) is 9.59 Å². The minimum atomic E-state index is -0.493. The Kier molecular flexibility index (Phi) is 6.53. The number of anilines is 2. The molecular weight excluding hydrogens is 442 g/mol. The molecule has 8 heteroatoms. The molecule has 1 saturated carbocycles. The molecule has 1 unspecified atom stereocenters. The Morgan fingerprint density at radius 2 is 1.77 bits per heavy atom. The van der Waals surface area contributed by atoms with E-state index < -0.39 is 6.10 Å². The van der Waals surface area contributed by atoms with Gasteiger partial charge in [-0.25, -0.2) is 9.78 Å². The number of benzene rings is 2. The molecule has 1 amide bonds. The fraction of sp³-hybridized carbons (Fsp3) is 0.407. The predicted octanol–water partition coefficient (Wildman–Crippen LogP) is 4.08. The maximum absolute atomic E-state index is 12.5. The molecule has 3 aromatic rings. The first-order chi connectivity index (χ1) is 17.0. The lowest BCUT2D eigenvalue weighted by atomic mass is 9.86. The highest BCUT2D eigenvalue weighted by Gasteiger charge is 2.32. The number of hydrogen-bond donors (Lipinski definition) is 2. The standard InChI is InChI=1S/C27H31N5O3/c1-32(2)25-21-9-5-6-10-22(21)30-27(31-25)29-18-13-11-17(12-14-18)16-28-24(33)15-23-19-7-3-4-8-20(19)26(34)35-23/h3-10,17-18,23H,11-16H2,1-2H3,(H,28,33)(H,29,30,31)/t17-,18+,23?. The Balaban J connectivity index is 1.11. The maximum Gasteiger partial charge on any atom is 0.339 e. The van der Waals surface area contributed by atoms with Crippen molar-refractivity contribution in [3.8, 4) is 0 Å². The lowest BCUT2D eigenvalue weighted by Crippen LogP contribution is -2.34. The first-order valence-electron chi connectivity index (χ1n) is 12.2. The van der Waals surface area contributed by atoms with Crippen LogP contribution in [0.2, 0.25) is 0 Å². The number of carbonyl (C=O) groups is 2. The summed E-state index contributed by atoms with van der Waals surface area (Å²) < 4.78 is 5.39. The van der Waals surface area contributed by atoms with E-state index in [1.165, 1.54) is 0 Å². The number of aromatic nitrogens is 2. The van der Waals surface area contributed by atoms with Gasteiger partial charge >= 0.3 is 5.97 Å². The summed E-state index contributed by atoms with van der Waals surface area (Å²) >= 11 is 0. The Labute approximate surface area is 205 Å². The molecule has 1 aromatic heterocycles. The predicted molar refractivity (Wildman–Crippen MR) is 135 cm³/mol. The molecule has 8 nitrogen and oxygen atoms in total. The van der Waals surface area contributed by atoms with Crippen LogP contribution in [0.1, 0.15) is 54.1 Å². The number of amides is 1. The molecule has 35 heavy (non-hydrogen) atoms. The summed E-state index contributed by atoms with van der Waals surface area (Å²) in [7, 11) is 3.99. The first kappa shape index (κ1) is 23.1. The van der Waals surface area contributed by atoms with E-state index in [2.05, 4.69) is 10.6 Å². The van der Waals surface area contributed by atoms with E-state index in [-0.39, 0.29) is 18.3 Å². The normalized spacial score (nSPS) is 21.3. The van der Waals surface area contributed by atoms with Gasteiger partial charge in [0.2, 0.25) is 11.9 Å². The van der Waals surface area contributed by atoms with Gasteiger partial charge in [-0.1, -0.05) is 30.3 Å². The van der Waals surface area contributed by atoms with Crippen LogP contribution >= 0.6 is 0 Å². The zero-order valence-electron chi connectivity index (χ0n) is 20.2. The van der Waals surface area contributed by atoms with Crippen LogP contribution in [0.3, 0.4) is 0 Å². The van der Waals surface area contributed by atoms with Crippen molar-refractivity contribution in [1.29, 1.82) is 0 Å². The van der Waals surface area contributed by atoms with Crippen LogP contribution < -0.4 is 15.5 Å². The lowest BCUT2D eigenvalue weighted by Gasteiger charge is -2.29. The summed E-state index contributed by atoms with van der Waals surface area (Å²) in [4.78, 5) is 36.0. The van der Waals surface area contributed by atoms with E-state index in [1.807, 2.05) is 55.4 Å². The molecule has 182 valence electrons. The zero-order valence-corrected chi connectivity index (χ0v) is 20.2. The number of rotatable bonds is 7. The average molecular weight is 474 g/mol. The number of para-hydroxylation sites is 1. The van der Waals surface area contributed by atoms with Gasteiger partial charge in [-0.05, 0) is 49.8 Å². The first-order valence-corrected chi connectivity index (χ1v) is 12.2. The molecule has 0 spiro atoms. The number of ether oxygens (including phenoxy) is 1. The highest BCUT2D eigenvalue weighted by molar-refractivity contribution is 5.94. The van der Waals surface area contributed by atoms with Crippen molar-refractivity contribution in [2.75, 3.05) is 30.9 Å². The van der Waals surface area contributed by atoms with Crippen molar-refractivity contribution in [1.82, 2.24) is 15.3 Å². The largest absolute Gasteiger partial charge is 0.453 e. The molecule has 2 heterocycles. The fourth-order valence-corrected chi connectivity index (χ4v) is 5.03. The quantitative estimate of drug-likeness (QED) is 0.499. The van der Waals surface area contributed by atoms with E-state index in [0.29, 0.717) is 30.0 Å². The number of hydrogen-bond acceptors (Lipinski definition) is 7. The summed E-state index contributed by atoms with van der Waals surface area (Å²) in [6, 6.07) is 15.6. The van der Waals surface area contributed by atoms with E-state index in [4.69, 9.17) is 14.7 Å². The number of carbonyl (C=O) groups excluding carboxylic acids is 2. The van der Waals surface area contributed by atoms with Crippen LogP contribution in [0, 0.1) is 5.92 Å². The molecular formula is C27H31N5O3. The van der Waals surface area contributed by atoms with Crippen molar-refractivity contribution >= 4 is 34.5 Å². The highest BCUT2D eigenvalue weighted by atomic mass is 16.5. The van der Waals surface area contributed by atoms with Crippen LogP contribution in [0.25, 0.3) is 10.9 Å². The molecule has 0 radical (unpaired) electrons. The van der Waals surface area contributed by atoms with E-state index in [0.717, 1.165) is 48.0 Å². The average Bonchev–Trinajstić information content (AvgIpc) is 3.18. The molecule has 2 aromatic carbocycles. The molecule has 5 rings (SSSR count). The van der Waals surface area contributed by atoms with Crippen LogP contribution in [0.15, 0.2) is 48.5 Å². The minimum absolute atomic E-state index is 0.0828. The molecule has 1 aliphatic heterocycles. The molecule has 1 aliphatic carbocycles. The third-order valence-electron chi connectivity index (χ3n) is 6.92. The minimum Gasteiger partial charge on any atom is -0.453 e. The summed E-state index contributed by atoms with van der Waals surface area (Å²) in [6.07, 6.45) is 3.71. The number of fused-ring (bicyclic) bond motifs is 2. The maximum atomic E-state index is 12.5. The number of nitrogens with one attached hydrogen (secondary N) is 2. The second kappa shape index (κ2) is 9.90. The van der Waals surface area contributed by atoms with E-state index in [1.54, 1.807) is 12.1 Å². The fourth-order valence-electron chi connectivity index (χ4n) is 5.03. The number of nitrogens with zero attached hydrogens (tertiary/aromatic N) is 3. The van der Waals surface area contributed by atoms with Gasteiger partial charge in [0.15, 0.2) is 0 Å². The SMILES string of the molecule is CN(C)c1nc(N[C@H]2CC[C@@H](CNC(=O)CC3OC(=O)c4ccccc43)CC2)nc2ccccc12. The number of cyclic esters (lactones) is 1. The summed E-state index contributed by atoms with van der Waals surface area (Å²) in [5.74, 6) is 1.57. The third kappa shape index (κ3) is 5.06. The molecule has 1 atom stereocenters. The van der Waals surface area contributed by atoms with Crippen molar-refractivity contribution in [3.05, 3.63) is 59.7 Å². The van der Waals surface area contributed by atoms with Crippen molar-refractivity contribution < 1.29 is 14.3 Å². The Morgan fingerprint density at radius 3 is 2.57 bits per heavy atom. The topological polar surface area (TPSA) is 96.5 Å². The lowest BCUT2D eigenvalue weighted by molar-refractivity contribution is -0.123. The van der Waals surface area contributed by atoms with Gasteiger partial charge in [0.25, 0.3) is 0 Å². The second-order valence-electron chi connectivity index (χ2n) is 9.63. The summed E-state index contributed by atoms with van der Waals surface area (Å²) in [6.45, 7) is 0.644. The Bertz CT molecular complexity index is 1240. The van der Waals surface area contributed by atoms with Crippen LogP contribution in [0.5, 0.6) is 0 Å². The van der Waals surface area contributed by atoms with Gasteiger partial charge < -0.3 is 20.3 Å². The van der Waals surface area contributed by atoms with Gasteiger partial charge in [0.1, 0.15) is 11.9 Å². The van der Waals surface area contributed by atoms with Gasteiger partial charge in [0, 0.05) is 37.6 Å². The Hall–Kier alpha value is -3.68. The van der Waals surface area contributed by atoms with Gasteiger partial charge in [-0.3, -0.25) is 4.79 Å². The van der Waals surface area contributed by atoms with Crippen molar-refractivity contribution in [2.45, 2.75) is 44.2 Å². The van der Waals surface area contributed by atoms with Crippen molar-refractivity contribution in [3.63, 3.8) is 0 Å². The van der Waals surface area contributed by atoms with Crippen LogP contribution in [-0.4, -0.2) is 48.5 Å². The Morgan fingerprint density at radius 1 is 1.03 bits per heavy atom. The van der Waals surface area contributed by atoms with Crippen LogP contribution in [0.4, 0.5) is 11.8 Å². The van der Waals surface area contributed by atoms with Crippen LogP contribution in [-0.2, 0) is 9.53 Å². The van der Waals surface area contributed by atoms with Crippen molar-refractivity contribution in [2.24, 2.45) is 5.92 Å². The molecule has 1 fully saturated rings. The van der Waals surface area contributed by atoms with Gasteiger partial charge in [0.05, 0.1) is 17.5 Å². The van der Waals surface area contributed by atoms with Gasteiger partial charge in [-0.15, -0.1) is 0 Å². The zero-order chi connectivity index (χ0) is 24.4. The third-order valence-corrected chi connectivity index (χ3v) is 6.92. The van der Waals surface area contributed by atoms with Gasteiger partial charge in [-0.2, -0.15) is 4.98 Å². The van der Waals surface area contributed by atoms with E-state index >= 15 is 0 Å². The summed E-state index contributed by atoms with van der Waals surface area (Å²) in [5, 5.41) is 7.62. The summed E-state index contributed by atoms with van der Waals surface area (Å²) in [5.41, 5.74) is 2.29. The molecule has 0 saturated heterocycles. The second-order valence-corrected chi connectivity index (χ2v) is 9.63.